The number of hydrogen-bond acceptors (Lipinski definition) is 5. The van der Waals surface area contributed by atoms with E-state index in [0.29, 0.717) is 17.8 Å². The number of rotatable bonds is 7. The Hall–Kier alpha value is -2.15. The van der Waals surface area contributed by atoms with Crippen LogP contribution in [0.15, 0.2) is 64.5 Å². The Morgan fingerprint density at radius 2 is 1.90 bits per heavy atom. The first-order valence-corrected chi connectivity index (χ1v) is 11.6. The van der Waals surface area contributed by atoms with Crippen molar-refractivity contribution in [1.29, 1.82) is 0 Å². The summed E-state index contributed by atoms with van der Waals surface area (Å²) in [6.45, 7) is 8.80. The Kier molecular flexibility index (Phi) is 6.87. The van der Waals surface area contributed by atoms with Crippen LogP contribution in [0.5, 0.6) is 0 Å². The zero-order valence-corrected chi connectivity index (χ0v) is 18.5. The van der Waals surface area contributed by atoms with Crippen LogP contribution in [0, 0.1) is 5.92 Å². The van der Waals surface area contributed by atoms with Gasteiger partial charge in [0.2, 0.25) is 0 Å². The lowest BCUT2D eigenvalue weighted by Crippen LogP contribution is -2.44. The molecule has 0 radical (unpaired) electrons. The minimum absolute atomic E-state index is 0.0120. The number of hydrogen-bond donors (Lipinski definition) is 0. The summed E-state index contributed by atoms with van der Waals surface area (Å²) in [7, 11) is 0. The average Bonchev–Trinajstić information content (AvgIpc) is 2.75. The third-order valence-electron chi connectivity index (χ3n) is 5.25. The van der Waals surface area contributed by atoms with Crippen molar-refractivity contribution in [2.75, 3.05) is 32.0 Å². The molecule has 0 amide bonds. The van der Waals surface area contributed by atoms with Gasteiger partial charge in [0, 0.05) is 25.4 Å². The van der Waals surface area contributed by atoms with Crippen LogP contribution in [-0.4, -0.2) is 52.5 Å². The summed E-state index contributed by atoms with van der Waals surface area (Å²) >= 11 is 1.62. The van der Waals surface area contributed by atoms with Gasteiger partial charge in [-0.05, 0) is 23.6 Å². The number of aromatic nitrogens is 2. The number of morpholine rings is 1. The molecular formula is C24H29N3O2S. The molecule has 1 aliphatic heterocycles. The van der Waals surface area contributed by atoms with Crippen molar-refractivity contribution in [2.24, 2.45) is 5.92 Å². The Balaban J connectivity index is 1.57. The second kappa shape index (κ2) is 9.77. The van der Waals surface area contributed by atoms with Crippen LogP contribution in [0.1, 0.15) is 19.4 Å². The van der Waals surface area contributed by atoms with Crippen LogP contribution in [0.4, 0.5) is 0 Å². The zero-order valence-electron chi connectivity index (χ0n) is 17.7. The first kappa shape index (κ1) is 21.1. The third-order valence-corrected chi connectivity index (χ3v) is 6.36. The molecule has 5 nitrogen and oxygen atoms in total. The summed E-state index contributed by atoms with van der Waals surface area (Å²) in [5, 5.41) is 1.42. The topological polar surface area (TPSA) is 47.4 Å². The number of thioether (sulfide) groups is 1. The van der Waals surface area contributed by atoms with Gasteiger partial charge in [0.05, 0.1) is 30.2 Å². The number of para-hydroxylation sites is 1. The van der Waals surface area contributed by atoms with Crippen molar-refractivity contribution < 1.29 is 4.74 Å². The fraction of sp³-hybridized carbons (Fsp3) is 0.417. The van der Waals surface area contributed by atoms with Crippen LogP contribution in [0.3, 0.4) is 0 Å². The molecule has 1 saturated heterocycles. The SMILES string of the molecule is CC(C)CN1CCO[C@H](CSc2nc3ccccc3c(=O)n2Cc2ccccc2)C1. The maximum atomic E-state index is 13.2. The highest BCUT2D eigenvalue weighted by atomic mass is 32.2. The zero-order chi connectivity index (χ0) is 20.9. The molecule has 0 N–H and O–H groups in total. The number of ether oxygens (including phenoxy) is 1. The second-order valence-electron chi connectivity index (χ2n) is 8.25. The van der Waals surface area contributed by atoms with E-state index in [-0.39, 0.29) is 11.7 Å². The van der Waals surface area contributed by atoms with Crippen LogP contribution in [-0.2, 0) is 11.3 Å². The minimum Gasteiger partial charge on any atom is -0.375 e. The smallest absolute Gasteiger partial charge is 0.262 e. The van der Waals surface area contributed by atoms with E-state index in [1.54, 1.807) is 16.3 Å². The predicted molar refractivity (Wildman–Crippen MR) is 123 cm³/mol. The van der Waals surface area contributed by atoms with Crippen molar-refractivity contribution in [1.82, 2.24) is 14.5 Å². The van der Waals surface area contributed by atoms with E-state index < -0.39 is 0 Å². The second-order valence-corrected chi connectivity index (χ2v) is 9.23. The van der Waals surface area contributed by atoms with E-state index in [1.165, 1.54) is 0 Å². The first-order chi connectivity index (χ1) is 14.6. The average molecular weight is 424 g/mol. The third kappa shape index (κ3) is 5.12. The Labute approximate surface area is 182 Å². The minimum atomic E-state index is 0.0120. The highest BCUT2D eigenvalue weighted by molar-refractivity contribution is 7.99. The van der Waals surface area contributed by atoms with Gasteiger partial charge in [-0.1, -0.05) is 68.1 Å². The highest BCUT2D eigenvalue weighted by Crippen LogP contribution is 2.22. The van der Waals surface area contributed by atoms with Gasteiger partial charge in [0.1, 0.15) is 0 Å². The molecule has 0 aliphatic carbocycles. The van der Waals surface area contributed by atoms with Gasteiger partial charge in [0.25, 0.3) is 5.56 Å². The molecule has 2 heterocycles. The maximum absolute atomic E-state index is 13.2. The molecule has 1 fully saturated rings. The van der Waals surface area contributed by atoms with Gasteiger partial charge in [-0.3, -0.25) is 14.3 Å². The van der Waals surface area contributed by atoms with Crippen LogP contribution in [0.2, 0.25) is 0 Å². The van der Waals surface area contributed by atoms with Gasteiger partial charge in [-0.2, -0.15) is 0 Å². The Bertz CT molecular complexity index is 1040. The molecule has 0 unspecified atom stereocenters. The van der Waals surface area contributed by atoms with Crippen molar-refractivity contribution in [3.05, 3.63) is 70.5 Å². The quantitative estimate of drug-likeness (QED) is 0.426. The Morgan fingerprint density at radius 1 is 1.13 bits per heavy atom. The summed E-state index contributed by atoms with van der Waals surface area (Å²) in [4.78, 5) is 20.6. The van der Waals surface area contributed by atoms with E-state index in [2.05, 4.69) is 18.7 Å². The molecule has 4 rings (SSSR count). The predicted octanol–water partition coefficient (Wildman–Crippen LogP) is 3.89. The largest absolute Gasteiger partial charge is 0.375 e. The van der Waals surface area contributed by atoms with E-state index in [0.717, 1.165) is 48.2 Å². The number of nitrogens with zero attached hydrogens (tertiary/aromatic N) is 3. The molecule has 0 saturated carbocycles. The summed E-state index contributed by atoms with van der Waals surface area (Å²) in [5.74, 6) is 1.43. The van der Waals surface area contributed by atoms with Gasteiger partial charge in [-0.25, -0.2) is 4.98 Å². The van der Waals surface area contributed by atoms with Gasteiger partial charge < -0.3 is 4.74 Å². The lowest BCUT2D eigenvalue weighted by atomic mass is 10.2. The molecule has 30 heavy (non-hydrogen) atoms. The standard InChI is InChI=1S/C24H29N3O2S/c1-18(2)14-26-12-13-29-20(16-26)17-30-24-25-22-11-7-6-10-21(22)23(28)27(24)15-19-8-4-3-5-9-19/h3-11,18,20H,12-17H2,1-2H3/t20-/m0/s1. The molecule has 0 bridgehead atoms. The van der Waals surface area contributed by atoms with Gasteiger partial charge in [0.15, 0.2) is 5.16 Å². The summed E-state index contributed by atoms with van der Waals surface area (Å²) in [5.41, 5.74) is 1.86. The Morgan fingerprint density at radius 3 is 2.70 bits per heavy atom. The fourth-order valence-corrected chi connectivity index (χ4v) is 4.90. The monoisotopic (exact) mass is 423 g/mol. The number of benzene rings is 2. The molecule has 1 atom stereocenters. The maximum Gasteiger partial charge on any atom is 0.262 e. The molecule has 3 aromatic rings. The van der Waals surface area contributed by atoms with Crippen LogP contribution >= 0.6 is 11.8 Å². The summed E-state index contributed by atoms with van der Waals surface area (Å²) < 4.78 is 7.81. The van der Waals surface area contributed by atoms with Crippen molar-refractivity contribution in [3.63, 3.8) is 0 Å². The summed E-state index contributed by atoms with van der Waals surface area (Å²) in [6.07, 6.45) is 0.149. The summed E-state index contributed by atoms with van der Waals surface area (Å²) in [6, 6.07) is 17.7. The van der Waals surface area contributed by atoms with Crippen molar-refractivity contribution in [3.8, 4) is 0 Å². The lowest BCUT2D eigenvalue weighted by Gasteiger charge is -2.33. The molecule has 2 aromatic carbocycles. The van der Waals surface area contributed by atoms with Crippen molar-refractivity contribution in [2.45, 2.75) is 31.7 Å². The van der Waals surface area contributed by atoms with E-state index in [4.69, 9.17) is 9.72 Å². The fourth-order valence-electron chi connectivity index (χ4n) is 3.89. The van der Waals surface area contributed by atoms with Crippen molar-refractivity contribution >= 4 is 22.7 Å². The molecule has 0 spiro atoms. The molecular weight excluding hydrogens is 394 g/mol. The number of fused-ring (bicyclic) bond motifs is 1. The van der Waals surface area contributed by atoms with E-state index in [1.807, 2.05) is 54.6 Å². The van der Waals surface area contributed by atoms with Crippen LogP contribution < -0.4 is 5.56 Å². The molecule has 1 aromatic heterocycles. The van der Waals surface area contributed by atoms with E-state index >= 15 is 0 Å². The normalized spacial score (nSPS) is 17.6. The molecule has 158 valence electrons. The lowest BCUT2D eigenvalue weighted by molar-refractivity contribution is -0.0191. The van der Waals surface area contributed by atoms with Gasteiger partial charge >= 0.3 is 0 Å². The first-order valence-electron chi connectivity index (χ1n) is 10.6. The van der Waals surface area contributed by atoms with Gasteiger partial charge in [-0.15, -0.1) is 0 Å². The van der Waals surface area contributed by atoms with E-state index in [9.17, 15) is 4.79 Å². The van der Waals surface area contributed by atoms with Crippen LogP contribution in [0.25, 0.3) is 10.9 Å². The highest BCUT2D eigenvalue weighted by Gasteiger charge is 2.22. The molecule has 6 heteroatoms. The molecule has 1 aliphatic rings.